The molecule has 3 rings (SSSR count). The maximum Gasteiger partial charge on any atom is 0.245 e. The Bertz CT molecular complexity index is 591. The van der Waals surface area contributed by atoms with Crippen molar-refractivity contribution in [3.05, 3.63) is 22.8 Å². The van der Waals surface area contributed by atoms with Crippen LogP contribution in [0.15, 0.2) is 22.8 Å². The van der Waals surface area contributed by atoms with Crippen molar-refractivity contribution < 1.29 is 0 Å². The topological polar surface area (TPSA) is 45.5 Å². The molecule has 2 aromatic rings. The number of halogens is 1. The van der Waals surface area contributed by atoms with Crippen LogP contribution in [-0.2, 0) is 0 Å². The average molecular weight is 352 g/mol. The third-order valence-corrected chi connectivity index (χ3v) is 4.59. The van der Waals surface area contributed by atoms with Crippen LogP contribution >= 0.6 is 15.9 Å². The molecule has 3 heterocycles. The van der Waals surface area contributed by atoms with Crippen molar-refractivity contribution in [2.75, 3.05) is 24.5 Å². The van der Waals surface area contributed by atoms with E-state index in [1.165, 1.54) is 25.7 Å². The number of nitrogens with zero attached hydrogens (tertiary/aromatic N) is 4. The van der Waals surface area contributed by atoms with Gasteiger partial charge in [-0.15, -0.1) is 5.10 Å². The smallest absolute Gasteiger partial charge is 0.245 e. The van der Waals surface area contributed by atoms with Gasteiger partial charge in [-0.25, -0.2) is 4.52 Å². The summed E-state index contributed by atoms with van der Waals surface area (Å²) < 4.78 is 2.83. The zero-order chi connectivity index (χ0) is 14.7. The van der Waals surface area contributed by atoms with Crippen molar-refractivity contribution in [3.8, 4) is 0 Å². The molecule has 0 amide bonds. The lowest BCUT2D eigenvalue weighted by atomic mass is 10.2. The number of nitrogens with one attached hydrogen (secondary N) is 1. The second-order valence-corrected chi connectivity index (χ2v) is 6.48. The highest BCUT2D eigenvalue weighted by Crippen LogP contribution is 2.20. The minimum absolute atomic E-state index is 0.567. The monoisotopic (exact) mass is 351 g/mol. The Morgan fingerprint density at radius 3 is 3.14 bits per heavy atom. The van der Waals surface area contributed by atoms with Crippen LogP contribution in [0.25, 0.3) is 5.65 Å². The third-order valence-electron chi connectivity index (χ3n) is 3.97. The minimum atomic E-state index is 0.567. The number of hydrogen-bond donors (Lipinski definition) is 1. The first-order valence-corrected chi connectivity index (χ1v) is 8.56. The molecule has 2 aromatic heterocycles. The van der Waals surface area contributed by atoms with Gasteiger partial charge in [0.2, 0.25) is 5.95 Å². The standard InChI is InChI=1S/C15H22BrN5/c1-2-3-9-20(11-12-6-4-8-17-12)15-18-14-13(16)7-5-10-21(14)19-15/h5,7,10,12,17H,2-4,6,8-9,11H2,1H3. The molecular weight excluding hydrogens is 330 g/mol. The van der Waals surface area contributed by atoms with Gasteiger partial charge in [-0.1, -0.05) is 13.3 Å². The summed E-state index contributed by atoms with van der Waals surface area (Å²) in [5, 5.41) is 8.21. The highest BCUT2D eigenvalue weighted by molar-refractivity contribution is 9.10. The molecule has 1 saturated heterocycles. The summed E-state index contributed by atoms with van der Waals surface area (Å²) >= 11 is 3.55. The van der Waals surface area contributed by atoms with Crippen molar-refractivity contribution in [2.45, 2.75) is 38.6 Å². The SMILES string of the molecule is CCCCN(CC1CCCN1)c1nc2c(Br)cccn2n1. The zero-order valence-corrected chi connectivity index (χ0v) is 14.0. The van der Waals surface area contributed by atoms with Crippen LogP contribution in [0, 0.1) is 0 Å². The maximum atomic E-state index is 4.71. The van der Waals surface area contributed by atoms with Crippen LogP contribution in [0.1, 0.15) is 32.6 Å². The number of anilines is 1. The molecule has 0 radical (unpaired) electrons. The van der Waals surface area contributed by atoms with E-state index >= 15 is 0 Å². The molecule has 1 unspecified atom stereocenters. The number of rotatable bonds is 6. The van der Waals surface area contributed by atoms with E-state index in [0.717, 1.165) is 35.7 Å². The Morgan fingerprint density at radius 2 is 2.43 bits per heavy atom. The van der Waals surface area contributed by atoms with Gasteiger partial charge in [0, 0.05) is 25.3 Å². The Labute approximate surface area is 133 Å². The first-order chi connectivity index (χ1) is 10.3. The van der Waals surface area contributed by atoms with Crippen molar-refractivity contribution in [1.82, 2.24) is 19.9 Å². The number of hydrogen-bond acceptors (Lipinski definition) is 4. The highest BCUT2D eigenvalue weighted by atomic mass is 79.9. The van der Waals surface area contributed by atoms with Crippen LogP contribution in [0.2, 0.25) is 0 Å². The van der Waals surface area contributed by atoms with E-state index in [1.807, 2.05) is 22.8 Å². The first-order valence-electron chi connectivity index (χ1n) is 7.77. The third kappa shape index (κ3) is 3.37. The molecule has 1 aliphatic rings. The van der Waals surface area contributed by atoms with Gasteiger partial charge < -0.3 is 10.2 Å². The summed E-state index contributed by atoms with van der Waals surface area (Å²) in [5.41, 5.74) is 0.883. The normalized spacial score (nSPS) is 18.5. The van der Waals surface area contributed by atoms with E-state index in [0.29, 0.717) is 6.04 Å². The van der Waals surface area contributed by atoms with Crippen LogP contribution < -0.4 is 10.2 Å². The summed E-state index contributed by atoms with van der Waals surface area (Å²) in [6.45, 7) is 5.37. The van der Waals surface area contributed by atoms with E-state index < -0.39 is 0 Å². The molecule has 1 atom stereocenters. The summed E-state index contributed by atoms with van der Waals surface area (Å²) in [6.07, 6.45) is 6.83. The summed E-state index contributed by atoms with van der Waals surface area (Å²) in [6, 6.07) is 4.55. The maximum absolute atomic E-state index is 4.71. The Morgan fingerprint density at radius 1 is 1.52 bits per heavy atom. The predicted octanol–water partition coefficient (Wildman–Crippen LogP) is 2.85. The van der Waals surface area contributed by atoms with Gasteiger partial charge in [0.1, 0.15) is 0 Å². The lowest BCUT2D eigenvalue weighted by Gasteiger charge is -2.24. The molecule has 1 N–H and O–H groups in total. The predicted molar refractivity (Wildman–Crippen MR) is 88.8 cm³/mol. The number of unbranched alkanes of at least 4 members (excludes halogenated alkanes) is 1. The van der Waals surface area contributed by atoms with Gasteiger partial charge in [0.15, 0.2) is 5.65 Å². The lowest BCUT2D eigenvalue weighted by Crippen LogP contribution is -2.38. The van der Waals surface area contributed by atoms with Crippen molar-refractivity contribution in [3.63, 3.8) is 0 Å². The summed E-state index contributed by atoms with van der Waals surface area (Å²) in [7, 11) is 0. The molecule has 21 heavy (non-hydrogen) atoms. The fourth-order valence-corrected chi connectivity index (χ4v) is 3.22. The van der Waals surface area contributed by atoms with Crippen molar-refractivity contribution in [1.29, 1.82) is 0 Å². The van der Waals surface area contributed by atoms with Crippen LogP contribution in [0.4, 0.5) is 5.95 Å². The fraction of sp³-hybridized carbons (Fsp3) is 0.600. The number of fused-ring (bicyclic) bond motifs is 1. The fourth-order valence-electron chi connectivity index (χ4n) is 2.80. The minimum Gasteiger partial charge on any atom is -0.338 e. The first kappa shape index (κ1) is 14.8. The average Bonchev–Trinajstić information content (AvgIpc) is 3.13. The van der Waals surface area contributed by atoms with Gasteiger partial charge in [0.05, 0.1) is 4.47 Å². The summed E-state index contributed by atoms with van der Waals surface area (Å²) in [5.74, 6) is 0.837. The molecule has 114 valence electrons. The van der Waals surface area contributed by atoms with Crippen molar-refractivity contribution >= 4 is 27.5 Å². The quantitative estimate of drug-likeness (QED) is 0.869. The summed E-state index contributed by atoms with van der Waals surface area (Å²) in [4.78, 5) is 7.04. The van der Waals surface area contributed by atoms with E-state index in [9.17, 15) is 0 Å². The van der Waals surface area contributed by atoms with E-state index in [4.69, 9.17) is 4.98 Å². The molecule has 1 fully saturated rings. The van der Waals surface area contributed by atoms with Crippen molar-refractivity contribution in [2.24, 2.45) is 0 Å². The molecular formula is C15H22BrN5. The Kier molecular flexibility index (Phi) is 4.75. The second-order valence-electron chi connectivity index (χ2n) is 5.63. The van der Waals surface area contributed by atoms with E-state index in [2.05, 4.69) is 38.2 Å². The molecule has 0 aliphatic carbocycles. The van der Waals surface area contributed by atoms with Gasteiger partial charge in [0.25, 0.3) is 0 Å². The number of pyridine rings is 1. The molecule has 0 bridgehead atoms. The molecule has 0 aromatic carbocycles. The Balaban J connectivity index is 1.83. The molecule has 0 spiro atoms. The molecule has 5 nitrogen and oxygen atoms in total. The second kappa shape index (κ2) is 6.75. The Hall–Kier alpha value is -1.14. The van der Waals surface area contributed by atoms with Crippen LogP contribution in [0.3, 0.4) is 0 Å². The van der Waals surface area contributed by atoms with E-state index in [-0.39, 0.29) is 0 Å². The molecule has 6 heteroatoms. The lowest BCUT2D eigenvalue weighted by molar-refractivity contribution is 0.565. The molecule has 0 saturated carbocycles. The van der Waals surface area contributed by atoms with Gasteiger partial charge >= 0.3 is 0 Å². The largest absolute Gasteiger partial charge is 0.338 e. The van der Waals surface area contributed by atoms with Gasteiger partial charge in [-0.3, -0.25) is 0 Å². The highest BCUT2D eigenvalue weighted by Gasteiger charge is 2.20. The number of aromatic nitrogens is 3. The van der Waals surface area contributed by atoms with E-state index in [1.54, 1.807) is 0 Å². The molecule has 1 aliphatic heterocycles. The zero-order valence-electron chi connectivity index (χ0n) is 12.4. The van der Waals surface area contributed by atoms with Crippen LogP contribution in [-0.4, -0.2) is 40.3 Å². The van der Waals surface area contributed by atoms with Gasteiger partial charge in [-0.2, -0.15) is 4.98 Å². The van der Waals surface area contributed by atoms with Gasteiger partial charge in [-0.05, 0) is 53.9 Å². The van der Waals surface area contributed by atoms with Crippen LogP contribution in [0.5, 0.6) is 0 Å².